The summed E-state index contributed by atoms with van der Waals surface area (Å²) in [6.07, 6.45) is 36.1. The van der Waals surface area contributed by atoms with Crippen LogP contribution in [0.2, 0.25) is 0 Å². The molecule has 0 bridgehead atoms. The predicted octanol–water partition coefficient (Wildman–Crippen LogP) is 11.7. The topological polar surface area (TPSA) is 26.3 Å². The van der Waals surface area contributed by atoms with Crippen molar-refractivity contribution < 1.29 is 14.0 Å². The van der Waals surface area contributed by atoms with Crippen molar-refractivity contribution in [3.8, 4) is 0 Å². The molecule has 0 saturated carbocycles. The van der Waals surface area contributed by atoms with Crippen molar-refractivity contribution in [1.82, 2.24) is 0 Å². The molecule has 3 nitrogen and oxygen atoms in total. The first-order valence-electron chi connectivity index (χ1n) is 18.1. The van der Waals surface area contributed by atoms with Gasteiger partial charge in [0.25, 0.3) is 0 Å². The molecule has 0 aliphatic rings. The van der Waals surface area contributed by atoms with Crippen LogP contribution in [0.15, 0.2) is 12.2 Å². The maximum absolute atomic E-state index is 11.4. The quantitative estimate of drug-likeness (QED) is 0.0351. The third kappa shape index (κ3) is 27.3. The van der Waals surface area contributed by atoms with Crippen molar-refractivity contribution in [3.05, 3.63) is 12.2 Å². The Labute approximate surface area is 252 Å². The zero-order chi connectivity index (χ0) is 29.6. The van der Waals surface area contributed by atoms with E-state index in [0.29, 0.717) is 12.2 Å². The Morgan fingerprint density at radius 1 is 0.500 bits per heavy atom. The van der Waals surface area contributed by atoms with Crippen LogP contribution in [0, 0.1) is 0 Å². The van der Waals surface area contributed by atoms with Crippen molar-refractivity contribution in [2.45, 2.75) is 188 Å². The normalized spacial score (nSPS) is 12.9. The molecular weight excluding hydrogens is 490 g/mol. The van der Waals surface area contributed by atoms with E-state index in [0.717, 1.165) is 12.8 Å². The first kappa shape index (κ1) is 39.2. The molecule has 0 aromatic heterocycles. The smallest absolute Gasteiger partial charge is 0.333 e. The second-order valence-corrected chi connectivity index (χ2v) is 13.2. The maximum Gasteiger partial charge on any atom is 0.333 e. The minimum absolute atomic E-state index is 0.251. The monoisotopic (exact) mass is 565 g/mol. The summed E-state index contributed by atoms with van der Waals surface area (Å²) in [5, 5.41) is 0. The third-order valence-corrected chi connectivity index (χ3v) is 8.78. The number of quaternary nitrogens is 1. The summed E-state index contributed by atoms with van der Waals surface area (Å²) in [4.78, 5) is 11.4. The Bertz CT molecular complexity index is 560. The highest BCUT2D eigenvalue weighted by atomic mass is 16.5. The number of carbonyl (C=O) groups is 1. The van der Waals surface area contributed by atoms with Crippen molar-refractivity contribution >= 4 is 5.97 Å². The van der Waals surface area contributed by atoms with Crippen LogP contribution in [0.25, 0.3) is 0 Å². The van der Waals surface area contributed by atoms with Gasteiger partial charge in [-0.2, -0.15) is 0 Å². The van der Waals surface area contributed by atoms with E-state index < -0.39 is 0 Å². The molecule has 0 fully saturated rings. The standard InChI is InChI=1S/C37H74NO2/c1-6-8-10-11-12-13-14-15-16-17-18-19-20-23-26-29-33-38(5,32-9-7-2)34-30-27-24-21-22-25-28-31-35-40-37(39)36(3)4/h3,6-35H2,1-2,4-5H3/q+1. The van der Waals surface area contributed by atoms with Gasteiger partial charge >= 0.3 is 5.97 Å². The number of hydrogen-bond donors (Lipinski definition) is 0. The number of hydrogen-bond acceptors (Lipinski definition) is 2. The van der Waals surface area contributed by atoms with Gasteiger partial charge < -0.3 is 9.22 Å². The van der Waals surface area contributed by atoms with Crippen LogP contribution in [-0.4, -0.2) is 43.7 Å². The molecule has 0 heterocycles. The summed E-state index contributed by atoms with van der Waals surface area (Å²) in [7, 11) is 2.53. The van der Waals surface area contributed by atoms with Crippen LogP contribution >= 0.6 is 0 Å². The minimum Gasteiger partial charge on any atom is -0.462 e. The Kier molecular flexibility index (Phi) is 29.0. The Balaban J connectivity index is 3.66. The van der Waals surface area contributed by atoms with Gasteiger partial charge in [-0.05, 0) is 45.4 Å². The van der Waals surface area contributed by atoms with Gasteiger partial charge in [-0.25, -0.2) is 4.79 Å². The molecule has 40 heavy (non-hydrogen) atoms. The lowest BCUT2D eigenvalue weighted by molar-refractivity contribution is -0.910. The molecule has 0 aliphatic carbocycles. The lowest BCUT2D eigenvalue weighted by Gasteiger charge is -2.35. The van der Waals surface area contributed by atoms with Gasteiger partial charge in [0.1, 0.15) is 0 Å². The predicted molar refractivity (Wildman–Crippen MR) is 178 cm³/mol. The lowest BCUT2D eigenvalue weighted by atomic mass is 10.0. The zero-order valence-electron chi connectivity index (χ0n) is 28.2. The number of esters is 1. The first-order chi connectivity index (χ1) is 19.4. The lowest BCUT2D eigenvalue weighted by Crippen LogP contribution is -2.46. The van der Waals surface area contributed by atoms with Gasteiger partial charge in [-0.3, -0.25) is 0 Å². The highest BCUT2D eigenvalue weighted by molar-refractivity contribution is 5.86. The number of nitrogens with zero attached hydrogens (tertiary/aromatic N) is 1. The summed E-state index contributed by atoms with van der Waals surface area (Å²) < 4.78 is 6.47. The maximum atomic E-state index is 11.4. The zero-order valence-corrected chi connectivity index (χ0v) is 28.2. The van der Waals surface area contributed by atoms with Crippen molar-refractivity contribution in [2.75, 3.05) is 33.3 Å². The summed E-state index contributed by atoms with van der Waals surface area (Å²) in [6.45, 7) is 14.6. The van der Waals surface area contributed by atoms with E-state index >= 15 is 0 Å². The van der Waals surface area contributed by atoms with Crippen molar-refractivity contribution in [1.29, 1.82) is 0 Å². The van der Waals surface area contributed by atoms with Crippen LogP contribution < -0.4 is 0 Å². The summed E-state index contributed by atoms with van der Waals surface area (Å²) in [5.41, 5.74) is 0.495. The van der Waals surface area contributed by atoms with E-state index in [9.17, 15) is 4.79 Å². The molecule has 3 heteroatoms. The van der Waals surface area contributed by atoms with Gasteiger partial charge in [0.05, 0.1) is 33.3 Å². The van der Waals surface area contributed by atoms with Gasteiger partial charge in [-0.15, -0.1) is 0 Å². The molecule has 0 aliphatic heterocycles. The molecule has 0 saturated heterocycles. The number of carbonyl (C=O) groups excluding carboxylic acids is 1. The highest BCUT2D eigenvalue weighted by Crippen LogP contribution is 2.17. The van der Waals surface area contributed by atoms with E-state index in [2.05, 4.69) is 27.5 Å². The summed E-state index contributed by atoms with van der Waals surface area (Å²) in [6, 6.07) is 0. The summed E-state index contributed by atoms with van der Waals surface area (Å²) >= 11 is 0. The van der Waals surface area contributed by atoms with E-state index in [1.165, 1.54) is 178 Å². The molecule has 0 aromatic rings. The number of unbranched alkanes of at least 4 members (excludes halogenated alkanes) is 23. The molecule has 0 spiro atoms. The van der Waals surface area contributed by atoms with E-state index in [-0.39, 0.29) is 5.97 Å². The van der Waals surface area contributed by atoms with Crippen LogP contribution in [-0.2, 0) is 9.53 Å². The van der Waals surface area contributed by atoms with Crippen LogP contribution in [0.1, 0.15) is 188 Å². The SMILES string of the molecule is C=C(C)C(=O)OCCCCCCCCCC[N+](C)(CCCC)CCCCCCCCCCCCCCCCCC. The van der Waals surface area contributed by atoms with E-state index in [4.69, 9.17) is 4.74 Å². The van der Waals surface area contributed by atoms with Crippen molar-refractivity contribution in [3.63, 3.8) is 0 Å². The highest BCUT2D eigenvalue weighted by Gasteiger charge is 2.19. The second-order valence-electron chi connectivity index (χ2n) is 13.2. The Morgan fingerprint density at radius 3 is 1.15 bits per heavy atom. The molecule has 1 atom stereocenters. The molecule has 0 aromatic carbocycles. The molecule has 0 radical (unpaired) electrons. The van der Waals surface area contributed by atoms with E-state index in [1.807, 2.05) is 0 Å². The number of rotatable bonds is 32. The fourth-order valence-electron chi connectivity index (χ4n) is 5.86. The molecule has 1 unspecified atom stereocenters. The van der Waals surface area contributed by atoms with Crippen LogP contribution in [0.3, 0.4) is 0 Å². The molecule has 0 N–H and O–H groups in total. The van der Waals surface area contributed by atoms with Gasteiger partial charge in [0.2, 0.25) is 0 Å². The third-order valence-electron chi connectivity index (χ3n) is 8.78. The Morgan fingerprint density at radius 2 is 0.800 bits per heavy atom. The molecule has 0 rings (SSSR count). The Hall–Kier alpha value is -0.830. The average Bonchev–Trinajstić information content (AvgIpc) is 2.94. The first-order valence-corrected chi connectivity index (χ1v) is 18.1. The fourth-order valence-corrected chi connectivity index (χ4v) is 5.86. The number of ether oxygens (including phenoxy) is 1. The molecule has 0 amide bonds. The van der Waals surface area contributed by atoms with Gasteiger partial charge in [-0.1, -0.05) is 149 Å². The van der Waals surface area contributed by atoms with Crippen LogP contribution in [0.5, 0.6) is 0 Å². The van der Waals surface area contributed by atoms with Crippen molar-refractivity contribution in [2.24, 2.45) is 0 Å². The minimum atomic E-state index is -0.251. The molecule has 238 valence electrons. The van der Waals surface area contributed by atoms with Crippen LogP contribution in [0.4, 0.5) is 0 Å². The van der Waals surface area contributed by atoms with Gasteiger partial charge in [0.15, 0.2) is 0 Å². The largest absolute Gasteiger partial charge is 0.462 e. The van der Waals surface area contributed by atoms with E-state index in [1.54, 1.807) is 6.92 Å². The average molecular weight is 565 g/mol. The molecular formula is C37H74NO2+. The summed E-state index contributed by atoms with van der Waals surface area (Å²) in [5.74, 6) is -0.251. The fraction of sp³-hybridized carbons (Fsp3) is 0.919. The second kappa shape index (κ2) is 29.7. The van der Waals surface area contributed by atoms with Gasteiger partial charge in [0, 0.05) is 5.57 Å².